The molecule has 0 aliphatic carbocycles. The summed E-state index contributed by atoms with van der Waals surface area (Å²) in [6, 6.07) is 14.6. The summed E-state index contributed by atoms with van der Waals surface area (Å²) in [5.41, 5.74) is 5.97. The topological polar surface area (TPSA) is 72.5 Å². The average Bonchev–Trinajstić information content (AvgIpc) is 3.17. The van der Waals surface area contributed by atoms with Gasteiger partial charge in [0.1, 0.15) is 0 Å². The minimum absolute atomic E-state index is 0.0668. The molecule has 1 amide bonds. The van der Waals surface area contributed by atoms with Crippen molar-refractivity contribution in [1.82, 2.24) is 15.6 Å². The van der Waals surface area contributed by atoms with Crippen molar-refractivity contribution < 1.29 is 4.79 Å². The number of aliphatic imine (C=N–C) groups is 1. The van der Waals surface area contributed by atoms with Crippen LogP contribution in [0.5, 0.6) is 0 Å². The Hall–Kier alpha value is -3.28. The van der Waals surface area contributed by atoms with Crippen LogP contribution in [-0.2, 0) is 17.6 Å². The van der Waals surface area contributed by atoms with Crippen LogP contribution in [0.1, 0.15) is 23.1 Å². The monoisotopic (exact) mass is 403 g/mol. The first kappa shape index (κ1) is 20.0. The third-order valence-electron chi connectivity index (χ3n) is 5.65. The van der Waals surface area contributed by atoms with Crippen molar-refractivity contribution in [2.45, 2.75) is 26.2 Å². The first-order valence-corrected chi connectivity index (χ1v) is 10.5. The SMILES string of the molecule is CN=C(NCCc1c[nH]c2cc(C)ccc12)NCC(=O)N1CCCc2ccccc21. The van der Waals surface area contributed by atoms with E-state index < -0.39 is 0 Å². The minimum Gasteiger partial charge on any atom is -0.361 e. The molecule has 1 aromatic heterocycles. The van der Waals surface area contributed by atoms with Gasteiger partial charge in [0.15, 0.2) is 5.96 Å². The van der Waals surface area contributed by atoms with Crippen LogP contribution in [0.3, 0.4) is 0 Å². The largest absolute Gasteiger partial charge is 0.361 e. The second kappa shape index (κ2) is 9.03. The number of guanidine groups is 1. The quantitative estimate of drug-likeness (QED) is 0.453. The predicted octanol–water partition coefficient (Wildman–Crippen LogP) is 3.16. The van der Waals surface area contributed by atoms with Gasteiger partial charge in [-0.1, -0.05) is 30.3 Å². The van der Waals surface area contributed by atoms with Crippen molar-refractivity contribution in [3.8, 4) is 0 Å². The Balaban J connectivity index is 1.29. The number of benzene rings is 2. The summed E-state index contributed by atoms with van der Waals surface area (Å²) in [5, 5.41) is 7.73. The van der Waals surface area contributed by atoms with E-state index in [0.29, 0.717) is 5.96 Å². The maximum Gasteiger partial charge on any atom is 0.246 e. The molecule has 0 unspecified atom stereocenters. The van der Waals surface area contributed by atoms with Gasteiger partial charge in [-0.05, 0) is 55.0 Å². The Morgan fingerprint density at radius 2 is 2.07 bits per heavy atom. The number of H-pyrrole nitrogens is 1. The number of nitrogens with one attached hydrogen (secondary N) is 3. The smallest absolute Gasteiger partial charge is 0.246 e. The molecule has 0 saturated carbocycles. The van der Waals surface area contributed by atoms with Crippen molar-refractivity contribution in [1.29, 1.82) is 0 Å². The Labute approximate surface area is 177 Å². The van der Waals surface area contributed by atoms with Crippen LogP contribution in [0.15, 0.2) is 53.7 Å². The van der Waals surface area contributed by atoms with Gasteiger partial charge in [0, 0.05) is 42.9 Å². The summed E-state index contributed by atoms with van der Waals surface area (Å²) >= 11 is 0. The van der Waals surface area contributed by atoms with E-state index in [2.05, 4.69) is 58.0 Å². The van der Waals surface area contributed by atoms with E-state index in [1.807, 2.05) is 23.1 Å². The van der Waals surface area contributed by atoms with Gasteiger partial charge >= 0.3 is 0 Å². The highest BCUT2D eigenvalue weighted by atomic mass is 16.2. The Morgan fingerprint density at radius 1 is 1.20 bits per heavy atom. The summed E-state index contributed by atoms with van der Waals surface area (Å²) < 4.78 is 0. The van der Waals surface area contributed by atoms with Crippen molar-refractivity contribution in [3.63, 3.8) is 0 Å². The number of hydrogen-bond donors (Lipinski definition) is 3. The van der Waals surface area contributed by atoms with Gasteiger partial charge in [-0.2, -0.15) is 0 Å². The normalized spacial score (nSPS) is 13.9. The molecule has 1 aliphatic heterocycles. The molecule has 156 valence electrons. The van der Waals surface area contributed by atoms with Gasteiger partial charge < -0.3 is 20.5 Å². The molecule has 0 bridgehead atoms. The van der Waals surface area contributed by atoms with E-state index in [1.165, 1.54) is 27.6 Å². The maximum atomic E-state index is 12.8. The van der Waals surface area contributed by atoms with Gasteiger partial charge in [0.2, 0.25) is 5.91 Å². The first-order valence-electron chi connectivity index (χ1n) is 10.5. The minimum atomic E-state index is 0.0668. The second-order valence-corrected chi connectivity index (χ2v) is 7.74. The lowest BCUT2D eigenvalue weighted by atomic mass is 10.0. The third-order valence-corrected chi connectivity index (χ3v) is 5.65. The van der Waals surface area contributed by atoms with Crippen molar-refractivity contribution in [2.24, 2.45) is 4.99 Å². The van der Waals surface area contributed by atoms with Crippen LogP contribution < -0.4 is 15.5 Å². The molecule has 1 aliphatic rings. The van der Waals surface area contributed by atoms with Crippen LogP contribution >= 0.6 is 0 Å². The zero-order valence-electron chi connectivity index (χ0n) is 17.7. The molecule has 0 saturated heterocycles. The predicted molar refractivity (Wildman–Crippen MR) is 123 cm³/mol. The van der Waals surface area contributed by atoms with Gasteiger partial charge in [0.05, 0.1) is 6.54 Å². The summed E-state index contributed by atoms with van der Waals surface area (Å²) in [4.78, 5) is 22.3. The highest BCUT2D eigenvalue weighted by molar-refractivity contribution is 5.98. The molecular formula is C24H29N5O. The van der Waals surface area contributed by atoms with Gasteiger partial charge in [-0.15, -0.1) is 0 Å². The average molecular weight is 404 g/mol. The fourth-order valence-corrected chi connectivity index (χ4v) is 4.09. The summed E-state index contributed by atoms with van der Waals surface area (Å²) in [5.74, 6) is 0.710. The standard InChI is InChI=1S/C24H29N5O/c1-17-9-10-20-19(15-27-21(20)14-17)11-12-26-24(25-2)28-16-23(30)29-13-5-7-18-6-3-4-8-22(18)29/h3-4,6,8-10,14-15,27H,5,7,11-13,16H2,1-2H3,(H2,25,26,28). The molecule has 0 radical (unpaired) electrons. The lowest BCUT2D eigenvalue weighted by molar-refractivity contribution is -0.117. The number of carbonyl (C=O) groups excluding carboxylic acids is 1. The molecule has 2 heterocycles. The number of aromatic nitrogens is 1. The van der Waals surface area contributed by atoms with Crippen LogP contribution in [0.4, 0.5) is 5.69 Å². The van der Waals surface area contributed by atoms with E-state index >= 15 is 0 Å². The number of aromatic amines is 1. The van der Waals surface area contributed by atoms with Crippen LogP contribution in [0.25, 0.3) is 10.9 Å². The number of fused-ring (bicyclic) bond motifs is 2. The van der Waals surface area contributed by atoms with Crippen molar-refractivity contribution in [3.05, 3.63) is 65.4 Å². The van der Waals surface area contributed by atoms with E-state index in [1.54, 1.807) is 7.05 Å². The summed E-state index contributed by atoms with van der Waals surface area (Å²) in [6.45, 7) is 3.83. The number of anilines is 1. The Morgan fingerprint density at radius 3 is 2.93 bits per heavy atom. The molecule has 4 rings (SSSR count). The molecule has 2 aromatic carbocycles. The van der Waals surface area contributed by atoms with Crippen molar-refractivity contribution in [2.75, 3.05) is 31.6 Å². The fraction of sp³-hybridized carbons (Fsp3) is 0.333. The third kappa shape index (κ3) is 4.32. The summed E-state index contributed by atoms with van der Waals surface area (Å²) in [7, 11) is 1.73. The van der Waals surface area contributed by atoms with E-state index in [-0.39, 0.29) is 12.5 Å². The zero-order valence-corrected chi connectivity index (χ0v) is 17.7. The highest BCUT2D eigenvalue weighted by Gasteiger charge is 2.21. The van der Waals surface area contributed by atoms with E-state index in [4.69, 9.17) is 0 Å². The molecule has 6 nitrogen and oxygen atoms in total. The summed E-state index contributed by atoms with van der Waals surface area (Å²) in [6.07, 6.45) is 4.97. The molecule has 3 aromatic rings. The number of carbonyl (C=O) groups is 1. The fourth-order valence-electron chi connectivity index (χ4n) is 4.09. The number of amides is 1. The number of rotatable bonds is 5. The lowest BCUT2D eigenvalue weighted by Gasteiger charge is -2.29. The first-order chi connectivity index (χ1) is 14.7. The van der Waals surface area contributed by atoms with E-state index in [0.717, 1.165) is 38.0 Å². The zero-order chi connectivity index (χ0) is 20.9. The molecule has 3 N–H and O–H groups in total. The number of para-hydroxylation sites is 1. The van der Waals surface area contributed by atoms with Crippen LogP contribution in [0, 0.1) is 6.92 Å². The molecule has 6 heteroatoms. The lowest BCUT2D eigenvalue weighted by Crippen LogP contribution is -2.46. The number of nitrogens with zero attached hydrogens (tertiary/aromatic N) is 2. The second-order valence-electron chi connectivity index (χ2n) is 7.74. The highest BCUT2D eigenvalue weighted by Crippen LogP contribution is 2.26. The van der Waals surface area contributed by atoms with Gasteiger partial charge in [-0.3, -0.25) is 9.79 Å². The van der Waals surface area contributed by atoms with Crippen LogP contribution in [0.2, 0.25) is 0 Å². The maximum absolute atomic E-state index is 12.8. The molecule has 30 heavy (non-hydrogen) atoms. The van der Waals surface area contributed by atoms with Crippen LogP contribution in [-0.4, -0.2) is 43.5 Å². The Kier molecular flexibility index (Phi) is 6.02. The van der Waals surface area contributed by atoms with Crippen molar-refractivity contribution >= 4 is 28.5 Å². The Bertz CT molecular complexity index is 1070. The molecule has 0 spiro atoms. The molecule has 0 atom stereocenters. The van der Waals surface area contributed by atoms with Gasteiger partial charge in [-0.25, -0.2) is 0 Å². The molecular weight excluding hydrogens is 374 g/mol. The van der Waals surface area contributed by atoms with Gasteiger partial charge in [0.25, 0.3) is 0 Å². The number of hydrogen-bond acceptors (Lipinski definition) is 2. The van der Waals surface area contributed by atoms with E-state index in [9.17, 15) is 4.79 Å². The molecule has 0 fully saturated rings. The number of aryl methyl sites for hydroxylation is 2.